The number of benzene rings is 1. The van der Waals surface area contributed by atoms with Gasteiger partial charge in [-0.15, -0.1) is 11.3 Å². The Balaban J connectivity index is 1.66. The summed E-state index contributed by atoms with van der Waals surface area (Å²) < 4.78 is 15.3. The van der Waals surface area contributed by atoms with E-state index in [1.54, 1.807) is 5.38 Å². The number of primary amides is 1. The van der Waals surface area contributed by atoms with Gasteiger partial charge >= 0.3 is 0 Å². The molecule has 14 heteroatoms. The summed E-state index contributed by atoms with van der Waals surface area (Å²) in [5.74, 6) is -10.1. The first-order valence-electron chi connectivity index (χ1n) is 11.7. The number of aromatic nitrogens is 1. The molecule has 3 aliphatic carbocycles. The third kappa shape index (κ3) is 3.66. The van der Waals surface area contributed by atoms with Crippen LogP contribution in [-0.2, 0) is 20.8 Å². The van der Waals surface area contributed by atoms with E-state index < -0.39 is 92.3 Å². The maximum atomic E-state index is 15.3. The number of likely N-dealkylation sites (N-methyl/N-ethyl adjacent to an activating group) is 1. The molecule has 12 nitrogen and oxygen atoms in total. The molecule has 7 N–H and O–H groups in total. The minimum atomic E-state index is -2.81. The SMILES string of the molecule is CN(C)[C@@H]1C(=O)C(C(N)=O)=C(O)[C@@]2(O)C(=O)C3=C(O)c4c(O)c(NC(=O)c5nccs5)cc(F)c4C[C@H]3C[C@@H]12. The molecule has 0 aliphatic heterocycles. The molecule has 39 heavy (non-hydrogen) atoms. The highest BCUT2D eigenvalue weighted by molar-refractivity contribution is 7.11. The number of rotatable bonds is 4. The lowest BCUT2D eigenvalue weighted by Gasteiger charge is -2.50. The van der Waals surface area contributed by atoms with Crippen molar-refractivity contribution in [1.82, 2.24) is 9.88 Å². The van der Waals surface area contributed by atoms with E-state index in [0.29, 0.717) is 0 Å². The molecule has 2 aromatic rings. The van der Waals surface area contributed by atoms with Crippen LogP contribution in [0, 0.1) is 17.7 Å². The quantitative estimate of drug-likeness (QED) is 0.230. The number of carbonyl (C=O) groups is 4. The van der Waals surface area contributed by atoms with Crippen molar-refractivity contribution < 1.29 is 44.0 Å². The van der Waals surface area contributed by atoms with Crippen LogP contribution in [-0.4, -0.2) is 79.4 Å². The van der Waals surface area contributed by atoms with Gasteiger partial charge in [-0.05, 0) is 32.9 Å². The summed E-state index contributed by atoms with van der Waals surface area (Å²) in [5.41, 5.74) is 0.105. The molecule has 0 spiro atoms. The number of aliphatic hydroxyl groups is 3. The van der Waals surface area contributed by atoms with Gasteiger partial charge in [0.15, 0.2) is 22.1 Å². The fourth-order valence-electron chi connectivity index (χ4n) is 5.87. The Morgan fingerprint density at radius 1 is 1.26 bits per heavy atom. The van der Waals surface area contributed by atoms with Crippen LogP contribution in [0.4, 0.5) is 10.1 Å². The summed E-state index contributed by atoms with van der Waals surface area (Å²) in [6, 6.07) is -0.372. The van der Waals surface area contributed by atoms with Gasteiger partial charge in [0.2, 0.25) is 5.78 Å². The van der Waals surface area contributed by atoms with E-state index in [2.05, 4.69) is 10.3 Å². The third-order valence-electron chi connectivity index (χ3n) is 7.54. The van der Waals surface area contributed by atoms with Gasteiger partial charge in [-0.3, -0.25) is 24.1 Å². The molecule has 1 aromatic heterocycles. The number of hydrogen-bond donors (Lipinski definition) is 6. The van der Waals surface area contributed by atoms with E-state index in [4.69, 9.17) is 5.73 Å². The van der Waals surface area contributed by atoms with Gasteiger partial charge in [0.05, 0.1) is 17.3 Å². The van der Waals surface area contributed by atoms with E-state index in [0.717, 1.165) is 17.4 Å². The summed E-state index contributed by atoms with van der Waals surface area (Å²) in [7, 11) is 2.96. The summed E-state index contributed by atoms with van der Waals surface area (Å²) >= 11 is 1.00. The number of fused-ring (bicyclic) bond motifs is 3. The highest BCUT2D eigenvalue weighted by atomic mass is 32.1. The Morgan fingerprint density at radius 3 is 2.54 bits per heavy atom. The number of nitrogens with one attached hydrogen (secondary N) is 1. The van der Waals surface area contributed by atoms with Crippen LogP contribution in [0.25, 0.3) is 5.76 Å². The van der Waals surface area contributed by atoms with Gasteiger partial charge in [0, 0.05) is 34.7 Å². The molecule has 1 saturated carbocycles. The van der Waals surface area contributed by atoms with Crippen LogP contribution < -0.4 is 11.1 Å². The van der Waals surface area contributed by atoms with E-state index in [1.807, 2.05) is 0 Å². The Morgan fingerprint density at radius 2 is 1.95 bits per heavy atom. The van der Waals surface area contributed by atoms with Crippen LogP contribution in [0.2, 0.25) is 0 Å². The summed E-state index contributed by atoms with van der Waals surface area (Å²) in [6.45, 7) is 0. The molecular formula is C25H23FN4O8S. The lowest BCUT2D eigenvalue weighted by atomic mass is 9.57. The minimum Gasteiger partial charge on any atom is -0.508 e. The van der Waals surface area contributed by atoms with Crippen molar-refractivity contribution in [2.75, 3.05) is 19.4 Å². The average Bonchev–Trinajstić information content (AvgIpc) is 3.39. The van der Waals surface area contributed by atoms with E-state index in [1.165, 1.54) is 25.2 Å². The summed E-state index contributed by atoms with van der Waals surface area (Å²) in [4.78, 5) is 56.6. The number of phenolic OH excluding ortho intramolecular Hbond substituents is 1. The normalized spacial score (nSPS) is 26.3. The Hall–Kier alpha value is -4.14. The summed E-state index contributed by atoms with van der Waals surface area (Å²) in [6.07, 6.45) is 0.992. The smallest absolute Gasteiger partial charge is 0.284 e. The molecular weight excluding hydrogens is 535 g/mol. The van der Waals surface area contributed by atoms with Gasteiger partial charge in [0.1, 0.15) is 22.9 Å². The Labute approximate surface area is 223 Å². The number of ketones is 2. The van der Waals surface area contributed by atoms with Crippen LogP contribution in [0.3, 0.4) is 0 Å². The van der Waals surface area contributed by atoms with Gasteiger partial charge in [-0.2, -0.15) is 0 Å². The molecule has 4 atom stereocenters. The average molecular weight is 559 g/mol. The van der Waals surface area contributed by atoms with Gasteiger partial charge < -0.3 is 31.5 Å². The zero-order valence-electron chi connectivity index (χ0n) is 20.6. The number of nitrogens with zero attached hydrogens (tertiary/aromatic N) is 2. The zero-order valence-corrected chi connectivity index (χ0v) is 21.4. The lowest BCUT2D eigenvalue weighted by molar-refractivity contribution is -0.153. The molecule has 1 aromatic carbocycles. The molecule has 2 amide bonds. The number of nitrogens with two attached hydrogens (primary N) is 1. The fourth-order valence-corrected chi connectivity index (χ4v) is 6.40. The second-order valence-corrected chi connectivity index (χ2v) is 10.8. The molecule has 0 unspecified atom stereocenters. The van der Waals surface area contributed by atoms with Crippen molar-refractivity contribution in [1.29, 1.82) is 0 Å². The van der Waals surface area contributed by atoms with E-state index in [-0.39, 0.29) is 23.4 Å². The minimum absolute atomic E-state index is 0.0284. The van der Waals surface area contributed by atoms with Gasteiger partial charge in [-0.1, -0.05) is 0 Å². The lowest BCUT2D eigenvalue weighted by Crippen LogP contribution is -2.65. The van der Waals surface area contributed by atoms with Gasteiger partial charge in [-0.25, -0.2) is 9.37 Å². The van der Waals surface area contributed by atoms with Crippen molar-refractivity contribution in [3.8, 4) is 5.75 Å². The van der Waals surface area contributed by atoms with Crippen LogP contribution in [0.15, 0.2) is 34.5 Å². The monoisotopic (exact) mass is 558 g/mol. The highest BCUT2D eigenvalue weighted by Gasteiger charge is 2.64. The number of anilines is 1. The van der Waals surface area contributed by atoms with Gasteiger partial charge in [0.25, 0.3) is 11.8 Å². The predicted octanol–water partition coefficient (Wildman–Crippen LogP) is 0.812. The predicted molar refractivity (Wildman–Crippen MR) is 134 cm³/mol. The van der Waals surface area contributed by atoms with E-state index >= 15 is 4.39 Å². The molecule has 204 valence electrons. The zero-order chi connectivity index (χ0) is 28.5. The number of aromatic hydroxyl groups is 1. The first-order valence-corrected chi connectivity index (χ1v) is 12.6. The largest absolute Gasteiger partial charge is 0.508 e. The number of amides is 2. The molecule has 5 rings (SSSR count). The fraction of sp³-hybridized carbons (Fsp3) is 0.320. The van der Waals surface area contributed by atoms with Crippen molar-refractivity contribution >= 4 is 46.2 Å². The maximum Gasteiger partial charge on any atom is 0.284 e. The van der Waals surface area contributed by atoms with E-state index in [9.17, 15) is 39.6 Å². The van der Waals surface area contributed by atoms with Crippen molar-refractivity contribution in [2.24, 2.45) is 17.6 Å². The van der Waals surface area contributed by atoms with Crippen LogP contribution in [0.5, 0.6) is 5.75 Å². The number of halogens is 1. The van der Waals surface area contributed by atoms with Crippen molar-refractivity contribution in [2.45, 2.75) is 24.5 Å². The number of aliphatic hydroxyl groups excluding tert-OH is 2. The number of Topliss-reactive ketones (excluding diaryl/α,β-unsaturated/α-hetero) is 2. The summed E-state index contributed by atoms with van der Waals surface area (Å²) in [5, 5.41) is 48.5. The molecule has 0 radical (unpaired) electrons. The number of thiazole rings is 1. The Bertz CT molecular complexity index is 1530. The first kappa shape index (κ1) is 26.5. The molecule has 1 heterocycles. The second kappa shape index (κ2) is 8.97. The Kier molecular flexibility index (Phi) is 6.08. The number of hydrogen-bond acceptors (Lipinski definition) is 11. The number of phenols is 1. The third-order valence-corrected chi connectivity index (χ3v) is 8.31. The molecule has 0 saturated heterocycles. The maximum absolute atomic E-state index is 15.3. The topological polar surface area (TPSA) is 203 Å². The highest BCUT2D eigenvalue weighted by Crippen LogP contribution is 2.53. The van der Waals surface area contributed by atoms with Crippen molar-refractivity contribution in [3.05, 3.63) is 56.5 Å². The van der Waals surface area contributed by atoms with Crippen LogP contribution >= 0.6 is 11.3 Å². The standard InChI is InChI=1S/C25H23FN4O8S/c1-30(2)16-10-6-8-5-9-11(26)7-12(29-23(37)24-28-3-4-39-24)17(31)14(9)18(32)13(8)20(34)25(10,38)21(35)15(19(16)33)22(27)36/h3-4,7-8,10,16,31-32,35,38H,5-6H2,1-2H3,(H2,27,36)(H,29,37)/t8-,10-,16-,25-/m0/s1. The van der Waals surface area contributed by atoms with Crippen molar-refractivity contribution in [3.63, 3.8) is 0 Å². The molecule has 3 aliphatic rings. The second-order valence-electron chi connectivity index (χ2n) is 9.86. The first-order chi connectivity index (χ1) is 18.3. The van der Waals surface area contributed by atoms with Crippen LogP contribution in [0.1, 0.15) is 27.3 Å². The molecule has 1 fully saturated rings. The number of carbonyl (C=O) groups excluding carboxylic acids is 4. The molecule has 0 bridgehead atoms.